The van der Waals surface area contributed by atoms with Crippen LogP contribution in [0.25, 0.3) is 0 Å². The number of halogens is 1. The fourth-order valence-electron chi connectivity index (χ4n) is 2.75. The fourth-order valence-corrected chi connectivity index (χ4v) is 2.92. The maximum atomic E-state index is 11.3. The molecule has 1 aliphatic rings. The number of ether oxygens (including phenoxy) is 1. The molecule has 104 valence electrons. The molecule has 0 radical (unpaired) electrons. The van der Waals surface area contributed by atoms with Crippen LogP contribution in [0.15, 0.2) is 42.5 Å². The lowest BCUT2D eigenvalue weighted by Gasteiger charge is -2.29. The van der Waals surface area contributed by atoms with Crippen LogP contribution < -0.4 is 10.1 Å². The van der Waals surface area contributed by atoms with Crippen LogP contribution in [0, 0.1) is 0 Å². The molecule has 0 fully saturated rings. The standard InChI is InChI=1S/C16H16ClNO2/c1-18-10-16(19)13-5-3-2-4-11(13)9-20-15-8-12(17)6-7-14(15)16/h2-8,18-19H,9-10H2,1H3. The summed E-state index contributed by atoms with van der Waals surface area (Å²) in [5.41, 5.74) is 1.47. The Morgan fingerprint density at radius 2 is 2.05 bits per heavy atom. The van der Waals surface area contributed by atoms with E-state index in [0.29, 0.717) is 23.9 Å². The SMILES string of the molecule is CNCC1(O)c2ccccc2COc2cc(Cl)ccc21. The first-order chi connectivity index (χ1) is 9.65. The average Bonchev–Trinajstić information content (AvgIpc) is 2.56. The van der Waals surface area contributed by atoms with Crippen LogP contribution >= 0.6 is 11.6 Å². The molecule has 0 saturated carbocycles. The van der Waals surface area contributed by atoms with E-state index in [1.165, 1.54) is 0 Å². The second-order valence-electron chi connectivity index (χ2n) is 4.98. The van der Waals surface area contributed by atoms with Gasteiger partial charge in [-0.3, -0.25) is 0 Å². The molecule has 0 spiro atoms. The lowest BCUT2D eigenvalue weighted by atomic mass is 9.84. The summed E-state index contributed by atoms with van der Waals surface area (Å²) < 4.78 is 5.83. The van der Waals surface area contributed by atoms with Gasteiger partial charge in [0, 0.05) is 17.1 Å². The van der Waals surface area contributed by atoms with Gasteiger partial charge in [-0.1, -0.05) is 41.9 Å². The topological polar surface area (TPSA) is 41.5 Å². The summed E-state index contributed by atoms with van der Waals surface area (Å²) in [6.45, 7) is 0.831. The Kier molecular flexibility index (Phi) is 3.42. The monoisotopic (exact) mass is 289 g/mol. The van der Waals surface area contributed by atoms with E-state index < -0.39 is 5.60 Å². The maximum Gasteiger partial charge on any atom is 0.131 e. The van der Waals surface area contributed by atoms with Crippen LogP contribution in [0.2, 0.25) is 5.02 Å². The fraction of sp³-hybridized carbons (Fsp3) is 0.250. The molecule has 2 N–H and O–H groups in total. The molecule has 2 aromatic rings. The molecule has 1 aliphatic heterocycles. The van der Waals surface area contributed by atoms with E-state index in [1.807, 2.05) is 37.4 Å². The summed E-state index contributed by atoms with van der Waals surface area (Å²) in [6.07, 6.45) is 0. The molecule has 2 aromatic carbocycles. The number of fused-ring (bicyclic) bond motifs is 2. The van der Waals surface area contributed by atoms with Crippen LogP contribution in [0.1, 0.15) is 16.7 Å². The third kappa shape index (κ3) is 2.08. The number of aliphatic hydroxyl groups is 1. The Labute approximate surface area is 123 Å². The van der Waals surface area contributed by atoms with Crippen molar-refractivity contribution in [1.82, 2.24) is 5.32 Å². The van der Waals surface area contributed by atoms with Gasteiger partial charge in [0.1, 0.15) is 18.0 Å². The Hall–Kier alpha value is -1.55. The normalized spacial score (nSPS) is 20.6. The summed E-state index contributed by atoms with van der Waals surface area (Å²) in [7, 11) is 1.82. The predicted octanol–water partition coefficient (Wildman–Crippen LogP) is 2.69. The highest BCUT2D eigenvalue weighted by atomic mass is 35.5. The average molecular weight is 290 g/mol. The molecule has 0 bridgehead atoms. The quantitative estimate of drug-likeness (QED) is 0.893. The molecule has 1 atom stereocenters. The third-order valence-electron chi connectivity index (χ3n) is 3.67. The molecule has 3 rings (SSSR count). The predicted molar refractivity (Wildman–Crippen MR) is 79.2 cm³/mol. The molecule has 1 unspecified atom stereocenters. The second-order valence-corrected chi connectivity index (χ2v) is 5.41. The van der Waals surface area contributed by atoms with Gasteiger partial charge in [0.05, 0.1) is 0 Å². The van der Waals surface area contributed by atoms with Crippen molar-refractivity contribution in [3.8, 4) is 5.75 Å². The van der Waals surface area contributed by atoms with Crippen LogP contribution in [-0.4, -0.2) is 18.7 Å². The number of benzene rings is 2. The maximum absolute atomic E-state index is 11.3. The van der Waals surface area contributed by atoms with Crippen molar-refractivity contribution in [3.05, 3.63) is 64.2 Å². The second kappa shape index (κ2) is 5.09. The van der Waals surface area contributed by atoms with Crippen molar-refractivity contribution in [3.63, 3.8) is 0 Å². The lowest BCUT2D eigenvalue weighted by Crippen LogP contribution is -2.38. The van der Waals surface area contributed by atoms with Crippen molar-refractivity contribution in [2.24, 2.45) is 0 Å². The van der Waals surface area contributed by atoms with Gasteiger partial charge in [-0.25, -0.2) is 0 Å². The van der Waals surface area contributed by atoms with Crippen molar-refractivity contribution in [1.29, 1.82) is 0 Å². The van der Waals surface area contributed by atoms with Crippen LogP contribution in [-0.2, 0) is 12.2 Å². The zero-order valence-electron chi connectivity index (χ0n) is 11.2. The molecule has 4 heteroatoms. The Bertz CT molecular complexity index is 644. The van der Waals surface area contributed by atoms with Crippen molar-refractivity contribution in [2.75, 3.05) is 13.6 Å². The lowest BCUT2D eigenvalue weighted by molar-refractivity contribution is 0.0815. The molecule has 1 heterocycles. The molecule has 20 heavy (non-hydrogen) atoms. The van der Waals surface area contributed by atoms with Gasteiger partial charge in [0.15, 0.2) is 0 Å². The van der Waals surface area contributed by atoms with E-state index in [4.69, 9.17) is 16.3 Å². The first kappa shape index (κ1) is 13.4. The summed E-state index contributed by atoms with van der Waals surface area (Å²) in [4.78, 5) is 0. The highest BCUT2D eigenvalue weighted by molar-refractivity contribution is 6.30. The third-order valence-corrected chi connectivity index (χ3v) is 3.90. The molecule has 0 amide bonds. The minimum absolute atomic E-state index is 0.405. The first-order valence-electron chi connectivity index (χ1n) is 6.53. The van der Waals surface area contributed by atoms with Crippen molar-refractivity contribution < 1.29 is 9.84 Å². The Balaban J connectivity index is 2.25. The Morgan fingerprint density at radius 3 is 2.85 bits per heavy atom. The number of rotatable bonds is 2. The van der Waals surface area contributed by atoms with Gasteiger partial charge < -0.3 is 15.2 Å². The first-order valence-corrected chi connectivity index (χ1v) is 6.91. The Morgan fingerprint density at radius 1 is 1.25 bits per heavy atom. The minimum Gasteiger partial charge on any atom is -0.488 e. The zero-order valence-corrected chi connectivity index (χ0v) is 11.9. The summed E-state index contributed by atoms with van der Waals surface area (Å²) in [5.74, 6) is 0.631. The zero-order chi connectivity index (χ0) is 14.2. The van der Waals surface area contributed by atoms with E-state index in [-0.39, 0.29) is 0 Å². The highest BCUT2D eigenvalue weighted by Gasteiger charge is 2.37. The van der Waals surface area contributed by atoms with Gasteiger partial charge in [0.25, 0.3) is 0 Å². The van der Waals surface area contributed by atoms with Crippen molar-refractivity contribution >= 4 is 11.6 Å². The van der Waals surface area contributed by atoms with Crippen LogP contribution in [0.3, 0.4) is 0 Å². The number of hydrogen-bond donors (Lipinski definition) is 2. The smallest absolute Gasteiger partial charge is 0.131 e. The molecule has 0 saturated heterocycles. The highest BCUT2D eigenvalue weighted by Crippen LogP contribution is 2.41. The van der Waals surface area contributed by atoms with Gasteiger partial charge in [-0.05, 0) is 30.3 Å². The van der Waals surface area contributed by atoms with Crippen LogP contribution in [0.4, 0.5) is 0 Å². The van der Waals surface area contributed by atoms with Gasteiger partial charge in [0.2, 0.25) is 0 Å². The van der Waals surface area contributed by atoms with Gasteiger partial charge in [-0.15, -0.1) is 0 Å². The van der Waals surface area contributed by atoms with Crippen molar-refractivity contribution in [2.45, 2.75) is 12.2 Å². The summed E-state index contributed by atoms with van der Waals surface area (Å²) in [6, 6.07) is 13.2. The van der Waals surface area contributed by atoms with E-state index >= 15 is 0 Å². The largest absolute Gasteiger partial charge is 0.488 e. The molecular weight excluding hydrogens is 274 g/mol. The number of likely N-dealkylation sites (N-methyl/N-ethyl adjacent to an activating group) is 1. The molecule has 3 nitrogen and oxygen atoms in total. The number of hydrogen-bond acceptors (Lipinski definition) is 3. The minimum atomic E-state index is -1.12. The summed E-state index contributed by atoms with van der Waals surface area (Å²) >= 11 is 6.03. The van der Waals surface area contributed by atoms with Gasteiger partial charge >= 0.3 is 0 Å². The molecule has 0 aromatic heterocycles. The van der Waals surface area contributed by atoms with E-state index in [9.17, 15) is 5.11 Å². The molecule has 0 aliphatic carbocycles. The van der Waals surface area contributed by atoms with Crippen LogP contribution in [0.5, 0.6) is 5.75 Å². The van der Waals surface area contributed by atoms with Gasteiger partial charge in [-0.2, -0.15) is 0 Å². The molecular formula is C16H16ClNO2. The van der Waals surface area contributed by atoms with E-state index in [0.717, 1.165) is 16.7 Å². The van der Waals surface area contributed by atoms with E-state index in [2.05, 4.69) is 5.32 Å². The summed E-state index contributed by atoms with van der Waals surface area (Å²) in [5, 5.41) is 14.9. The van der Waals surface area contributed by atoms with E-state index in [1.54, 1.807) is 12.1 Å². The number of nitrogens with one attached hydrogen (secondary N) is 1.